The van der Waals surface area contributed by atoms with E-state index in [1.54, 1.807) is 6.20 Å². The summed E-state index contributed by atoms with van der Waals surface area (Å²) < 4.78 is 5.71. The van der Waals surface area contributed by atoms with Crippen LogP contribution in [0.25, 0.3) is 0 Å². The third-order valence-electron chi connectivity index (χ3n) is 2.87. The van der Waals surface area contributed by atoms with Crippen LogP contribution in [-0.4, -0.2) is 43.2 Å². The average molecular weight is 269 g/mol. The van der Waals surface area contributed by atoms with Gasteiger partial charge in [-0.25, -0.2) is 4.98 Å². The molecule has 18 heavy (non-hydrogen) atoms. The highest BCUT2D eigenvalue weighted by Gasteiger charge is 2.13. The lowest BCUT2D eigenvalue weighted by Gasteiger charge is -2.22. The van der Waals surface area contributed by atoms with Crippen molar-refractivity contribution in [3.8, 4) is 0 Å². The summed E-state index contributed by atoms with van der Waals surface area (Å²) in [6.45, 7) is 5.07. The molecule has 2 rings (SSSR count). The molecule has 0 atom stereocenters. The standard InChI is InChI=1S/C12H19N3O2S/c1-9-15-8-11(18-9)12(16)14-6-7-17-10-2-4-13-5-3-10/h8,10,13H,2-7H2,1H3,(H,14,16). The van der Waals surface area contributed by atoms with Crippen molar-refractivity contribution in [1.82, 2.24) is 15.6 Å². The summed E-state index contributed by atoms with van der Waals surface area (Å²) in [5.74, 6) is -0.0606. The van der Waals surface area contributed by atoms with Crippen molar-refractivity contribution >= 4 is 17.2 Å². The highest BCUT2D eigenvalue weighted by Crippen LogP contribution is 2.11. The number of aryl methyl sites for hydroxylation is 1. The topological polar surface area (TPSA) is 63.2 Å². The van der Waals surface area contributed by atoms with Crippen LogP contribution in [0, 0.1) is 6.92 Å². The summed E-state index contributed by atoms with van der Waals surface area (Å²) in [5, 5.41) is 7.04. The molecule has 1 aliphatic heterocycles. The summed E-state index contributed by atoms with van der Waals surface area (Å²) in [7, 11) is 0. The molecule has 0 spiro atoms. The van der Waals surface area contributed by atoms with Gasteiger partial charge >= 0.3 is 0 Å². The van der Waals surface area contributed by atoms with E-state index in [2.05, 4.69) is 15.6 Å². The summed E-state index contributed by atoms with van der Waals surface area (Å²) >= 11 is 1.41. The molecule has 1 aromatic heterocycles. The fourth-order valence-corrected chi connectivity index (χ4v) is 2.60. The zero-order valence-corrected chi connectivity index (χ0v) is 11.4. The number of hydrogen-bond donors (Lipinski definition) is 2. The van der Waals surface area contributed by atoms with Gasteiger partial charge in [-0.3, -0.25) is 4.79 Å². The quantitative estimate of drug-likeness (QED) is 0.781. The lowest BCUT2D eigenvalue weighted by Crippen LogP contribution is -2.34. The number of ether oxygens (including phenoxy) is 1. The predicted octanol–water partition coefficient (Wildman–Crippen LogP) is 0.950. The van der Waals surface area contributed by atoms with E-state index < -0.39 is 0 Å². The van der Waals surface area contributed by atoms with E-state index in [9.17, 15) is 4.79 Å². The summed E-state index contributed by atoms with van der Waals surface area (Å²) in [5.41, 5.74) is 0. The van der Waals surface area contributed by atoms with Gasteiger partial charge in [0.2, 0.25) is 0 Å². The number of amides is 1. The Bertz CT molecular complexity index is 388. The van der Waals surface area contributed by atoms with Crippen molar-refractivity contribution in [2.45, 2.75) is 25.9 Å². The van der Waals surface area contributed by atoms with E-state index in [4.69, 9.17) is 4.74 Å². The largest absolute Gasteiger partial charge is 0.376 e. The smallest absolute Gasteiger partial charge is 0.263 e. The molecule has 1 fully saturated rings. The second kappa shape index (κ2) is 6.82. The first kappa shape index (κ1) is 13.5. The number of carbonyl (C=O) groups excluding carboxylic acids is 1. The maximum absolute atomic E-state index is 11.7. The van der Waals surface area contributed by atoms with Gasteiger partial charge < -0.3 is 15.4 Å². The first-order valence-electron chi connectivity index (χ1n) is 6.28. The molecule has 0 unspecified atom stereocenters. The molecule has 100 valence electrons. The summed E-state index contributed by atoms with van der Waals surface area (Å²) in [4.78, 5) is 16.4. The van der Waals surface area contributed by atoms with E-state index in [1.807, 2.05) is 6.92 Å². The molecule has 0 saturated carbocycles. The van der Waals surface area contributed by atoms with Crippen LogP contribution in [0.1, 0.15) is 27.5 Å². The Kier molecular flexibility index (Phi) is 5.10. The van der Waals surface area contributed by atoms with Crippen LogP contribution in [0.2, 0.25) is 0 Å². The Morgan fingerprint density at radius 1 is 1.61 bits per heavy atom. The Morgan fingerprint density at radius 3 is 3.06 bits per heavy atom. The van der Waals surface area contributed by atoms with Crippen molar-refractivity contribution < 1.29 is 9.53 Å². The van der Waals surface area contributed by atoms with Gasteiger partial charge in [0.25, 0.3) is 5.91 Å². The monoisotopic (exact) mass is 269 g/mol. The molecule has 6 heteroatoms. The number of aromatic nitrogens is 1. The third kappa shape index (κ3) is 4.04. The average Bonchev–Trinajstić information content (AvgIpc) is 2.82. The van der Waals surface area contributed by atoms with Crippen LogP contribution in [-0.2, 0) is 4.74 Å². The van der Waals surface area contributed by atoms with Gasteiger partial charge in [-0.05, 0) is 32.9 Å². The Balaban J connectivity index is 1.61. The minimum Gasteiger partial charge on any atom is -0.376 e. The third-order valence-corrected chi connectivity index (χ3v) is 3.78. The number of carbonyl (C=O) groups is 1. The van der Waals surface area contributed by atoms with E-state index in [1.165, 1.54) is 11.3 Å². The Labute approximate surface area is 111 Å². The van der Waals surface area contributed by atoms with Crippen LogP contribution >= 0.6 is 11.3 Å². The second-order valence-electron chi connectivity index (χ2n) is 4.32. The van der Waals surface area contributed by atoms with E-state index >= 15 is 0 Å². The van der Waals surface area contributed by atoms with Crippen LogP contribution in [0.4, 0.5) is 0 Å². The SMILES string of the molecule is Cc1ncc(C(=O)NCCOC2CCNCC2)s1. The van der Waals surface area contributed by atoms with Gasteiger partial charge in [0.15, 0.2) is 0 Å². The summed E-state index contributed by atoms with van der Waals surface area (Å²) in [6, 6.07) is 0. The lowest BCUT2D eigenvalue weighted by molar-refractivity contribution is 0.0343. The van der Waals surface area contributed by atoms with E-state index in [-0.39, 0.29) is 5.91 Å². The van der Waals surface area contributed by atoms with Crippen LogP contribution in [0.15, 0.2) is 6.20 Å². The van der Waals surface area contributed by atoms with Gasteiger partial charge in [-0.1, -0.05) is 0 Å². The zero-order valence-electron chi connectivity index (χ0n) is 10.6. The molecule has 1 aliphatic rings. The number of rotatable bonds is 5. The minimum atomic E-state index is -0.0606. The van der Waals surface area contributed by atoms with Gasteiger partial charge in [0.05, 0.1) is 23.9 Å². The van der Waals surface area contributed by atoms with Crippen molar-refractivity contribution in [1.29, 1.82) is 0 Å². The van der Waals surface area contributed by atoms with E-state index in [0.717, 1.165) is 30.9 Å². The molecule has 1 amide bonds. The highest BCUT2D eigenvalue weighted by molar-refractivity contribution is 7.13. The van der Waals surface area contributed by atoms with Gasteiger partial charge in [-0.15, -0.1) is 11.3 Å². The van der Waals surface area contributed by atoms with Crippen molar-refractivity contribution in [2.75, 3.05) is 26.2 Å². The second-order valence-corrected chi connectivity index (χ2v) is 5.55. The predicted molar refractivity (Wildman–Crippen MR) is 71.0 cm³/mol. The number of thiazole rings is 1. The molecular formula is C12H19N3O2S. The lowest BCUT2D eigenvalue weighted by atomic mass is 10.1. The highest BCUT2D eigenvalue weighted by atomic mass is 32.1. The Hall–Kier alpha value is -0.980. The van der Waals surface area contributed by atoms with Gasteiger partial charge in [0, 0.05) is 6.54 Å². The first-order chi connectivity index (χ1) is 8.75. The molecule has 0 aliphatic carbocycles. The van der Waals surface area contributed by atoms with Crippen LogP contribution in [0.5, 0.6) is 0 Å². The zero-order chi connectivity index (χ0) is 12.8. The molecule has 0 radical (unpaired) electrons. The molecule has 5 nitrogen and oxygen atoms in total. The van der Waals surface area contributed by atoms with Crippen molar-refractivity contribution in [2.24, 2.45) is 0 Å². The fraction of sp³-hybridized carbons (Fsp3) is 0.667. The number of piperidine rings is 1. The minimum absolute atomic E-state index is 0.0606. The first-order valence-corrected chi connectivity index (χ1v) is 7.10. The molecule has 0 bridgehead atoms. The molecule has 2 N–H and O–H groups in total. The van der Waals surface area contributed by atoms with Crippen molar-refractivity contribution in [3.63, 3.8) is 0 Å². The number of hydrogen-bond acceptors (Lipinski definition) is 5. The normalized spacial score (nSPS) is 16.7. The van der Waals surface area contributed by atoms with Crippen LogP contribution in [0.3, 0.4) is 0 Å². The molecule has 1 aromatic rings. The fourth-order valence-electron chi connectivity index (χ4n) is 1.91. The van der Waals surface area contributed by atoms with Gasteiger partial charge in [-0.2, -0.15) is 0 Å². The number of nitrogens with zero attached hydrogens (tertiary/aromatic N) is 1. The molecule has 1 saturated heterocycles. The Morgan fingerprint density at radius 2 is 2.39 bits per heavy atom. The van der Waals surface area contributed by atoms with Crippen molar-refractivity contribution in [3.05, 3.63) is 16.1 Å². The molecule has 2 heterocycles. The maximum atomic E-state index is 11.7. The summed E-state index contributed by atoms with van der Waals surface area (Å²) in [6.07, 6.45) is 4.07. The van der Waals surface area contributed by atoms with Gasteiger partial charge in [0.1, 0.15) is 4.88 Å². The van der Waals surface area contributed by atoms with Crippen LogP contribution < -0.4 is 10.6 Å². The molecule has 0 aromatic carbocycles. The van der Waals surface area contributed by atoms with E-state index in [0.29, 0.717) is 24.1 Å². The maximum Gasteiger partial charge on any atom is 0.263 e. The molecular weight excluding hydrogens is 250 g/mol. The number of nitrogens with one attached hydrogen (secondary N) is 2.